The van der Waals surface area contributed by atoms with Crippen LogP contribution in [0.15, 0.2) is 71.5 Å². The van der Waals surface area contributed by atoms with Gasteiger partial charge in [0.15, 0.2) is 0 Å². The van der Waals surface area contributed by atoms with Crippen molar-refractivity contribution >= 4 is 11.8 Å². The van der Waals surface area contributed by atoms with Gasteiger partial charge in [-0.25, -0.2) is 5.48 Å². The Hall–Kier alpha value is -3.42. The molecule has 2 atom stereocenters. The van der Waals surface area contributed by atoms with Crippen molar-refractivity contribution in [1.29, 1.82) is 0 Å². The molecule has 1 saturated heterocycles. The van der Waals surface area contributed by atoms with Crippen LogP contribution >= 0.6 is 0 Å². The molecule has 0 unspecified atom stereocenters. The topological polar surface area (TPSA) is 86.0 Å². The molecule has 0 radical (unpaired) electrons. The minimum atomic E-state index is -0.527. The lowest BCUT2D eigenvalue weighted by atomic mass is 9.99. The third kappa shape index (κ3) is 4.44. The maximum Gasteiger partial charge on any atom is 0.274 e. The van der Waals surface area contributed by atoms with Crippen molar-refractivity contribution in [3.05, 3.63) is 83.8 Å². The molecule has 2 N–H and O–H groups in total. The third-order valence-corrected chi connectivity index (χ3v) is 6.06. The zero-order valence-electron chi connectivity index (χ0n) is 18.2. The molecule has 166 valence electrons. The smallest absolute Gasteiger partial charge is 0.274 e. The summed E-state index contributed by atoms with van der Waals surface area (Å²) in [5.41, 5.74) is 5.58. The number of nitrogens with zero attached hydrogens (tertiary/aromatic N) is 2. The fraction of sp³-hybridized carbons (Fsp3) is 0.280. The second-order valence-electron chi connectivity index (χ2n) is 8.28. The van der Waals surface area contributed by atoms with E-state index in [1.165, 1.54) is 0 Å². The normalized spacial score (nSPS) is 19.0. The molecule has 1 fully saturated rings. The van der Waals surface area contributed by atoms with E-state index >= 15 is 0 Å². The summed E-state index contributed by atoms with van der Waals surface area (Å²) in [6.45, 7) is 6.25. The van der Waals surface area contributed by atoms with Gasteiger partial charge in [0.2, 0.25) is 0 Å². The van der Waals surface area contributed by atoms with E-state index in [9.17, 15) is 9.59 Å². The van der Waals surface area contributed by atoms with E-state index in [1.807, 2.05) is 47.4 Å². The molecule has 2 amide bonds. The van der Waals surface area contributed by atoms with Gasteiger partial charge in [-0.2, -0.15) is 0 Å². The quantitative estimate of drug-likeness (QED) is 0.472. The predicted molar refractivity (Wildman–Crippen MR) is 120 cm³/mol. The molecule has 2 aromatic carbocycles. The van der Waals surface area contributed by atoms with Crippen LogP contribution in [0, 0.1) is 0 Å². The van der Waals surface area contributed by atoms with Crippen molar-refractivity contribution in [1.82, 2.24) is 15.3 Å². The van der Waals surface area contributed by atoms with Crippen LogP contribution in [-0.2, 0) is 6.54 Å². The Morgan fingerprint density at radius 3 is 2.34 bits per heavy atom. The summed E-state index contributed by atoms with van der Waals surface area (Å²) in [4.78, 5) is 29.2. The number of hydrogen-bond acceptors (Lipinski definition) is 5. The lowest BCUT2D eigenvalue weighted by molar-refractivity contribution is 0.0270. The molecule has 1 aliphatic heterocycles. The Balaban J connectivity index is 1.47. The van der Waals surface area contributed by atoms with E-state index in [0.717, 1.165) is 23.2 Å². The molecule has 4 rings (SSSR count). The van der Waals surface area contributed by atoms with E-state index in [1.54, 1.807) is 30.1 Å². The van der Waals surface area contributed by atoms with E-state index in [0.29, 0.717) is 24.2 Å². The van der Waals surface area contributed by atoms with Crippen LogP contribution in [0.4, 0.5) is 0 Å². The summed E-state index contributed by atoms with van der Waals surface area (Å²) in [6.07, 6.45) is 3.27. The van der Waals surface area contributed by atoms with Crippen molar-refractivity contribution < 1.29 is 19.2 Å². The Morgan fingerprint density at radius 1 is 1.03 bits per heavy atom. The van der Waals surface area contributed by atoms with Crippen molar-refractivity contribution in [2.75, 3.05) is 13.1 Å². The zero-order valence-corrected chi connectivity index (χ0v) is 18.2. The molecule has 7 nitrogen and oxygen atoms in total. The Morgan fingerprint density at radius 2 is 1.72 bits per heavy atom. The number of carbonyl (C=O) groups is 2. The molecule has 0 spiro atoms. The second-order valence-corrected chi connectivity index (χ2v) is 8.28. The van der Waals surface area contributed by atoms with Crippen LogP contribution < -0.4 is 5.48 Å². The van der Waals surface area contributed by atoms with Gasteiger partial charge in [0.05, 0.1) is 12.5 Å². The average Bonchev–Trinajstić information content (AvgIpc) is 3.35. The number of hydrogen-bond donors (Lipinski definition) is 2. The number of amides is 2. The molecule has 2 heterocycles. The number of nitrogens with one attached hydrogen (secondary N) is 1. The maximum atomic E-state index is 13.4. The SMILES string of the molecule is C[C@@H]1CN(C(=O)c2ccccc2-c2ccoc2)C[C@H](C)N1Cc1ccc(C(=O)NO)cc1. The maximum absolute atomic E-state index is 13.4. The van der Waals surface area contributed by atoms with Gasteiger partial charge in [0.1, 0.15) is 0 Å². The van der Waals surface area contributed by atoms with Crippen molar-refractivity contribution in [2.45, 2.75) is 32.5 Å². The average molecular weight is 434 g/mol. The molecular formula is C25H27N3O4. The fourth-order valence-corrected chi connectivity index (χ4v) is 4.38. The van der Waals surface area contributed by atoms with Gasteiger partial charge in [-0.1, -0.05) is 30.3 Å². The van der Waals surface area contributed by atoms with Crippen LogP contribution in [0.1, 0.15) is 40.1 Å². The van der Waals surface area contributed by atoms with Gasteiger partial charge in [-0.05, 0) is 49.2 Å². The molecule has 0 bridgehead atoms. The number of hydroxylamine groups is 1. The van der Waals surface area contributed by atoms with E-state index in [4.69, 9.17) is 9.62 Å². The molecular weight excluding hydrogens is 406 g/mol. The molecule has 1 aliphatic rings. The molecule has 1 aromatic heterocycles. The van der Waals surface area contributed by atoms with Crippen LogP contribution in [0.3, 0.4) is 0 Å². The van der Waals surface area contributed by atoms with Gasteiger partial charge in [-0.15, -0.1) is 0 Å². The Kier molecular flexibility index (Phi) is 6.39. The molecule has 0 aliphatic carbocycles. The first-order valence-electron chi connectivity index (χ1n) is 10.7. The van der Waals surface area contributed by atoms with E-state index < -0.39 is 5.91 Å². The number of furan rings is 1. The monoisotopic (exact) mass is 433 g/mol. The van der Waals surface area contributed by atoms with Crippen molar-refractivity contribution in [3.63, 3.8) is 0 Å². The zero-order chi connectivity index (χ0) is 22.7. The first-order chi connectivity index (χ1) is 15.5. The standard InChI is InChI=1S/C25H27N3O4/c1-17-13-27(25(30)23-6-4-3-5-22(23)21-11-12-32-16-21)14-18(2)28(17)15-19-7-9-20(10-8-19)24(29)26-31/h3-12,16-18,31H,13-15H2,1-2H3,(H,26,29)/t17-,18+. The summed E-state index contributed by atoms with van der Waals surface area (Å²) < 4.78 is 5.21. The van der Waals surface area contributed by atoms with Crippen molar-refractivity contribution in [3.8, 4) is 11.1 Å². The van der Waals surface area contributed by atoms with Crippen molar-refractivity contribution in [2.24, 2.45) is 0 Å². The van der Waals surface area contributed by atoms with Gasteiger partial charge in [0, 0.05) is 48.4 Å². The van der Waals surface area contributed by atoms with E-state index in [2.05, 4.69) is 18.7 Å². The Labute approximate surface area is 187 Å². The number of benzene rings is 2. The predicted octanol–water partition coefficient (Wildman–Crippen LogP) is 3.80. The first-order valence-corrected chi connectivity index (χ1v) is 10.7. The number of carbonyl (C=O) groups excluding carboxylic acids is 2. The second kappa shape index (κ2) is 9.38. The lowest BCUT2D eigenvalue weighted by Gasteiger charge is -2.44. The summed E-state index contributed by atoms with van der Waals surface area (Å²) in [7, 11) is 0. The third-order valence-electron chi connectivity index (χ3n) is 6.06. The number of piperazine rings is 1. The first kappa shape index (κ1) is 21.8. The minimum Gasteiger partial charge on any atom is -0.472 e. The van der Waals surface area contributed by atoms with Crippen LogP contribution in [0.2, 0.25) is 0 Å². The molecule has 0 saturated carbocycles. The van der Waals surface area contributed by atoms with Crippen LogP contribution in [0.25, 0.3) is 11.1 Å². The highest BCUT2D eigenvalue weighted by Crippen LogP contribution is 2.27. The summed E-state index contributed by atoms with van der Waals surface area (Å²) in [5, 5.41) is 8.77. The van der Waals surface area contributed by atoms with E-state index in [-0.39, 0.29) is 18.0 Å². The van der Waals surface area contributed by atoms with Gasteiger partial charge in [-0.3, -0.25) is 19.7 Å². The summed E-state index contributed by atoms with van der Waals surface area (Å²) >= 11 is 0. The largest absolute Gasteiger partial charge is 0.472 e. The van der Waals surface area contributed by atoms with Gasteiger partial charge in [0.25, 0.3) is 11.8 Å². The highest BCUT2D eigenvalue weighted by Gasteiger charge is 2.33. The summed E-state index contributed by atoms with van der Waals surface area (Å²) in [5.74, 6) is -0.499. The van der Waals surface area contributed by atoms with Crippen LogP contribution in [0.5, 0.6) is 0 Å². The van der Waals surface area contributed by atoms with Gasteiger partial charge >= 0.3 is 0 Å². The molecule has 7 heteroatoms. The summed E-state index contributed by atoms with van der Waals surface area (Å²) in [6, 6.07) is 17.0. The minimum absolute atomic E-state index is 0.0273. The highest BCUT2D eigenvalue weighted by molar-refractivity contribution is 6.01. The highest BCUT2D eigenvalue weighted by atomic mass is 16.5. The molecule has 3 aromatic rings. The lowest BCUT2D eigenvalue weighted by Crippen LogP contribution is -2.57. The fourth-order valence-electron chi connectivity index (χ4n) is 4.38. The van der Waals surface area contributed by atoms with Crippen LogP contribution in [-0.4, -0.2) is 52.0 Å². The molecule has 32 heavy (non-hydrogen) atoms. The Bertz CT molecular complexity index is 1070. The van der Waals surface area contributed by atoms with Gasteiger partial charge < -0.3 is 9.32 Å². The number of rotatable bonds is 5.